The maximum absolute atomic E-state index is 7.42. The Morgan fingerprint density at radius 1 is 1.17 bits per heavy atom. The molecule has 0 amide bonds. The van der Waals surface area contributed by atoms with Gasteiger partial charge in [0.1, 0.15) is 0 Å². The van der Waals surface area contributed by atoms with Gasteiger partial charge in [0.25, 0.3) is 0 Å². The third-order valence-corrected chi connectivity index (χ3v) is 3.54. The fourth-order valence-corrected chi connectivity index (χ4v) is 2.27. The van der Waals surface area contributed by atoms with E-state index >= 15 is 0 Å². The van der Waals surface area contributed by atoms with Gasteiger partial charge >= 0.3 is 0 Å². The Kier molecular flexibility index (Phi) is 5.02. The van der Waals surface area contributed by atoms with Crippen LogP contribution in [0.5, 0.6) is 0 Å². The van der Waals surface area contributed by atoms with Crippen molar-refractivity contribution in [1.82, 2.24) is 4.90 Å². The number of nitrogens with zero attached hydrogens (tertiary/aromatic N) is 2. The summed E-state index contributed by atoms with van der Waals surface area (Å²) in [6, 6.07) is 6.42. The van der Waals surface area contributed by atoms with E-state index in [1.165, 1.54) is 16.8 Å². The molecule has 1 aliphatic rings. The lowest BCUT2D eigenvalue weighted by Crippen LogP contribution is -2.51. The standard InChI is InChI=1S/C13H20N4.BrH/c1-10-4-3-5-12(11(10)2)16-6-8-17(9-7-16)13(14)15;/h3-5H,6-9H2,1-2H3,(H3,14,15);1H. The fourth-order valence-electron chi connectivity index (χ4n) is 2.27. The summed E-state index contributed by atoms with van der Waals surface area (Å²) in [6.45, 7) is 7.85. The summed E-state index contributed by atoms with van der Waals surface area (Å²) in [7, 11) is 0. The van der Waals surface area contributed by atoms with E-state index in [9.17, 15) is 0 Å². The molecular formula is C13H21BrN4. The summed E-state index contributed by atoms with van der Waals surface area (Å²) < 4.78 is 0. The molecule has 0 saturated carbocycles. The molecule has 1 fully saturated rings. The number of nitrogens with two attached hydrogens (primary N) is 1. The highest BCUT2D eigenvalue weighted by Gasteiger charge is 2.19. The van der Waals surface area contributed by atoms with E-state index in [0.717, 1.165) is 26.2 Å². The quantitative estimate of drug-likeness (QED) is 0.615. The van der Waals surface area contributed by atoms with Crippen molar-refractivity contribution in [3.8, 4) is 0 Å². The Morgan fingerprint density at radius 3 is 2.33 bits per heavy atom. The van der Waals surface area contributed by atoms with Crippen molar-refractivity contribution in [3.05, 3.63) is 29.3 Å². The Hall–Kier alpha value is -1.23. The SMILES string of the molecule is Br.Cc1cccc(N2CCN(C(=N)N)CC2)c1C. The average molecular weight is 313 g/mol. The van der Waals surface area contributed by atoms with Gasteiger partial charge in [0.2, 0.25) is 0 Å². The highest BCUT2D eigenvalue weighted by atomic mass is 79.9. The lowest BCUT2D eigenvalue weighted by Gasteiger charge is -2.37. The number of hydrogen-bond acceptors (Lipinski definition) is 2. The molecule has 1 heterocycles. The van der Waals surface area contributed by atoms with Crippen LogP contribution < -0.4 is 10.6 Å². The first-order chi connectivity index (χ1) is 8.09. The van der Waals surface area contributed by atoms with E-state index in [2.05, 4.69) is 36.9 Å². The van der Waals surface area contributed by atoms with Crippen LogP contribution >= 0.6 is 17.0 Å². The van der Waals surface area contributed by atoms with Crippen LogP contribution in [0, 0.1) is 19.3 Å². The van der Waals surface area contributed by atoms with Gasteiger partial charge in [0.15, 0.2) is 5.96 Å². The number of nitrogens with one attached hydrogen (secondary N) is 1. The van der Waals surface area contributed by atoms with E-state index in [-0.39, 0.29) is 22.9 Å². The molecule has 4 nitrogen and oxygen atoms in total. The van der Waals surface area contributed by atoms with Gasteiger partial charge in [-0.3, -0.25) is 5.41 Å². The van der Waals surface area contributed by atoms with Crippen LogP contribution in [0.15, 0.2) is 18.2 Å². The number of halogens is 1. The topological polar surface area (TPSA) is 56.4 Å². The van der Waals surface area contributed by atoms with E-state index in [1.807, 2.05) is 4.90 Å². The fraction of sp³-hybridized carbons (Fsp3) is 0.462. The van der Waals surface area contributed by atoms with Crippen LogP contribution in [0.4, 0.5) is 5.69 Å². The first-order valence-electron chi connectivity index (χ1n) is 5.99. The molecule has 0 spiro atoms. The third-order valence-electron chi connectivity index (χ3n) is 3.54. The van der Waals surface area contributed by atoms with Crippen molar-refractivity contribution in [2.24, 2.45) is 5.73 Å². The second-order valence-corrected chi connectivity index (χ2v) is 4.58. The zero-order valence-corrected chi connectivity index (χ0v) is 12.7. The molecule has 3 N–H and O–H groups in total. The van der Waals surface area contributed by atoms with Crippen molar-refractivity contribution in [2.45, 2.75) is 13.8 Å². The molecule has 1 saturated heterocycles. The lowest BCUT2D eigenvalue weighted by molar-refractivity contribution is 0.380. The van der Waals surface area contributed by atoms with Crippen LogP contribution in [0.25, 0.3) is 0 Å². The number of benzene rings is 1. The molecular weight excluding hydrogens is 292 g/mol. The average Bonchev–Trinajstić information content (AvgIpc) is 2.33. The summed E-state index contributed by atoms with van der Waals surface area (Å²) in [4.78, 5) is 4.30. The van der Waals surface area contributed by atoms with Crippen molar-refractivity contribution in [1.29, 1.82) is 5.41 Å². The molecule has 100 valence electrons. The number of rotatable bonds is 1. The largest absolute Gasteiger partial charge is 0.370 e. The first kappa shape index (κ1) is 14.8. The Morgan fingerprint density at radius 2 is 1.78 bits per heavy atom. The minimum Gasteiger partial charge on any atom is -0.370 e. The van der Waals surface area contributed by atoms with Gasteiger partial charge in [-0.15, -0.1) is 17.0 Å². The minimum atomic E-state index is 0. The summed E-state index contributed by atoms with van der Waals surface area (Å²) in [5.41, 5.74) is 9.49. The summed E-state index contributed by atoms with van der Waals surface area (Å²) in [5, 5.41) is 7.42. The second kappa shape index (κ2) is 6.09. The highest BCUT2D eigenvalue weighted by Crippen LogP contribution is 2.23. The molecule has 1 aromatic carbocycles. The molecule has 0 unspecified atom stereocenters. The van der Waals surface area contributed by atoms with Gasteiger partial charge in [0, 0.05) is 31.9 Å². The number of hydrogen-bond donors (Lipinski definition) is 2. The highest BCUT2D eigenvalue weighted by molar-refractivity contribution is 8.93. The van der Waals surface area contributed by atoms with E-state index < -0.39 is 0 Å². The van der Waals surface area contributed by atoms with Crippen LogP contribution in [0.2, 0.25) is 0 Å². The van der Waals surface area contributed by atoms with Crippen LogP contribution in [0.3, 0.4) is 0 Å². The number of anilines is 1. The van der Waals surface area contributed by atoms with Crippen molar-refractivity contribution in [2.75, 3.05) is 31.1 Å². The van der Waals surface area contributed by atoms with E-state index in [1.54, 1.807) is 0 Å². The lowest BCUT2D eigenvalue weighted by atomic mass is 10.1. The first-order valence-corrected chi connectivity index (χ1v) is 5.99. The molecule has 18 heavy (non-hydrogen) atoms. The Bertz CT molecular complexity index is 425. The van der Waals surface area contributed by atoms with Gasteiger partial charge < -0.3 is 15.5 Å². The van der Waals surface area contributed by atoms with Crippen molar-refractivity contribution >= 4 is 28.6 Å². The van der Waals surface area contributed by atoms with Crippen LogP contribution in [-0.2, 0) is 0 Å². The summed E-state index contributed by atoms with van der Waals surface area (Å²) in [5.74, 6) is 0.186. The van der Waals surface area contributed by atoms with Crippen molar-refractivity contribution in [3.63, 3.8) is 0 Å². The maximum atomic E-state index is 7.42. The Labute approximate surface area is 119 Å². The normalized spacial score (nSPS) is 15.2. The second-order valence-electron chi connectivity index (χ2n) is 4.58. The molecule has 0 radical (unpaired) electrons. The maximum Gasteiger partial charge on any atom is 0.188 e. The number of aryl methyl sites for hydroxylation is 1. The minimum absolute atomic E-state index is 0. The third kappa shape index (κ3) is 2.96. The Balaban J connectivity index is 0.00000162. The zero-order valence-electron chi connectivity index (χ0n) is 10.9. The molecule has 2 rings (SSSR count). The van der Waals surface area contributed by atoms with Gasteiger partial charge in [0.05, 0.1) is 0 Å². The molecule has 0 bridgehead atoms. The van der Waals surface area contributed by atoms with E-state index in [0.29, 0.717) is 0 Å². The molecule has 0 aliphatic carbocycles. The number of piperazine rings is 1. The molecule has 1 aliphatic heterocycles. The van der Waals surface area contributed by atoms with Gasteiger partial charge in [-0.05, 0) is 31.0 Å². The van der Waals surface area contributed by atoms with E-state index in [4.69, 9.17) is 11.1 Å². The molecule has 0 atom stereocenters. The molecule has 5 heteroatoms. The predicted molar refractivity (Wildman–Crippen MR) is 81.9 cm³/mol. The monoisotopic (exact) mass is 312 g/mol. The van der Waals surface area contributed by atoms with Crippen molar-refractivity contribution < 1.29 is 0 Å². The predicted octanol–water partition coefficient (Wildman–Crippen LogP) is 1.90. The summed E-state index contributed by atoms with van der Waals surface area (Å²) in [6.07, 6.45) is 0. The smallest absolute Gasteiger partial charge is 0.188 e. The van der Waals surface area contributed by atoms with Gasteiger partial charge in [-0.2, -0.15) is 0 Å². The van der Waals surface area contributed by atoms with Gasteiger partial charge in [-0.1, -0.05) is 12.1 Å². The molecule has 1 aromatic rings. The van der Waals surface area contributed by atoms with Crippen LogP contribution in [-0.4, -0.2) is 37.0 Å². The zero-order chi connectivity index (χ0) is 12.4. The number of guanidine groups is 1. The summed E-state index contributed by atoms with van der Waals surface area (Å²) >= 11 is 0. The molecule has 0 aromatic heterocycles. The van der Waals surface area contributed by atoms with Crippen LogP contribution in [0.1, 0.15) is 11.1 Å². The van der Waals surface area contributed by atoms with Gasteiger partial charge in [-0.25, -0.2) is 0 Å².